The van der Waals surface area contributed by atoms with E-state index < -0.39 is 29.7 Å². The summed E-state index contributed by atoms with van der Waals surface area (Å²) in [6.45, 7) is 1.19. The molecule has 30 heavy (non-hydrogen) atoms. The van der Waals surface area contributed by atoms with Gasteiger partial charge in [0.25, 0.3) is 11.8 Å². The predicted octanol–water partition coefficient (Wildman–Crippen LogP) is 1.42. The largest absolute Gasteiger partial charge is 0.380 e. The maximum Gasteiger partial charge on any atom is 0.264 e. The highest BCUT2D eigenvalue weighted by Crippen LogP contribution is 2.32. The number of benzene rings is 2. The average Bonchev–Trinajstić information content (AvgIpc) is 2.99. The first kappa shape index (κ1) is 19.8. The summed E-state index contributed by atoms with van der Waals surface area (Å²) >= 11 is 0. The molecule has 3 N–H and O–H groups in total. The number of hydrogen-bond acceptors (Lipinski definition) is 6. The van der Waals surface area contributed by atoms with Gasteiger partial charge in [0.15, 0.2) is 0 Å². The Balaban J connectivity index is 1.59. The molecule has 2 aromatic carbocycles. The molecule has 4 rings (SSSR count). The van der Waals surface area contributed by atoms with Crippen LogP contribution in [0, 0.1) is 0 Å². The number of piperidine rings is 1. The topological polar surface area (TPSA) is 108 Å². The zero-order chi connectivity index (χ0) is 21.3. The molecule has 4 amide bonds. The Morgan fingerprint density at radius 2 is 1.70 bits per heavy atom. The van der Waals surface area contributed by atoms with Crippen LogP contribution in [0.15, 0.2) is 42.5 Å². The molecule has 2 aliphatic heterocycles. The molecule has 2 heterocycles. The number of nitrogens with one attached hydrogen (secondary N) is 3. The molecule has 0 aliphatic carbocycles. The van der Waals surface area contributed by atoms with Crippen LogP contribution in [0.3, 0.4) is 0 Å². The van der Waals surface area contributed by atoms with E-state index in [1.54, 1.807) is 18.2 Å². The molecule has 2 aromatic rings. The molecular formula is C22H22N4O4. The number of anilines is 1. The molecule has 0 aromatic heterocycles. The van der Waals surface area contributed by atoms with Gasteiger partial charge in [-0.1, -0.05) is 30.3 Å². The number of rotatable bonds is 6. The molecule has 154 valence electrons. The average molecular weight is 406 g/mol. The minimum absolute atomic E-state index is 0.0944. The molecule has 0 bridgehead atoms. The third-order valence-corrected chi connectivity index (χ3v) is 5.42. The Bertz CT molecular complexity index is 1050. The Kier molecular flexibility index (Phi) is 5.33. The van der Waals surface area contributed by atoms with Crippen molar-refractivity contribution >= 4 is 29.3 Å². The van der Waals surface area contributed by atoms with Crippen LogP contribution in [-0.2, 0) is 22.7 Å². The molecule has 0 spiro atoms. The summed E-state index contributed by atoms with van der Waals surface area (Å²) in [5.41, 5.74) is 3.27. The van der Waals surface area contributed by atoms with Gasteiger partial charge in [0.1, 0.15) is 6.04 Å². The lowest BCUT2D eigenvalue weighted by Gasteiger charge is -2.27. The molecule has 1 saturated heterocycles. The number of fused-ring (bicyclic) bond motifs is 1. The van der Waals surface area contributed by atoms with Crippen molar-refractivity contribution in [3.8, 4) is 0 Å². The van der Waals surface area contributed by atoms with Crippen LogP contribution >= 0.6 is 0 Å². The van der Waals surface area contributed by atoms with Crippen molar-refractivity contribution in [2.24, 2.45) is 0 Å². The smallest absolute Gasteiger partial charge is 0.264 e. The fraction of sp³-hybridized carbons (Fsp3) is 0.273. The van der Waals surface area contributed by atoms with Gasteiger partial charge in [0.2, 0.25) is 11.8 Å². The number of amides is 4. The third-order valence-electron chi connectivity index (χ3n) is 5.42. The molecule has 1 fully saturated rings. The number of carbonyl (C=O) groups excluding carboxylic acids is 4. The van der Waals surface area contributed by atoms with Crippen molar-refractivity contribution in [2.45, 2.75) is 32.0 Å². The van der Waals surface area contributed by atoms with Crippen LogP contribution in [0.5, 0.6) is 0 Å². The van der Waals surface area contributed by atoms with Gasteiger partial charge in [0, 0.05) is 25.2 Å². The maximum absolute atomic E-state index is 13.1. The Hall–Kier alpha value is -3.52. The van der Waals surface area contributed by atoms with Gasteiger partial charge in [-0.05, 0) is 36.7 Å². The number of imide groups is 2. The predicted molar refractivity (Wildman–Crippen MR) is 110 cm³/mol. The Morgan fingerprint density at radius 1 is 0.967 bits per heavy atom. The van der Waals surface area contributed by atoms with Crippen LogP contribution in [-0.4, -0.2) is 41.6 Å². The summed E-state index contributed by atoms with van der Waals surface area (Å²) in [6, 6.07) is 12.0. The Morgan fingerprint density at radius 3 is 2.40 bits per heavy atom. The van der Waals surface area contributed by atoms with Crippen LogP contribution < -0.4 is 16.0 Å². The normalized spacial score (nSPS) is 18.4. The SMILES string of the molecule is CNCc1ccccc1CNc1cccc2c1C(=O)N(C1CCC(=O)NC1=O)C2=O. The van der Waals surface area contributed by atoms with E-state index >= 15 is 0 Å². The number of nitrogens with zero attached hydrogens (tertiary/aromatic N) is 1. The molecule has 0 saturated carbocycles. The van der Waals surface area contributed by atoms with Crippen molar-refractivity contribution in [3.63, 3.8) is 0 Å². The summed E-state index contributed by atoms with van der Waals surface area (Å²) in [5.74, 6) is -2.04. The van der Waals surface area contributed by atoms with Crippen molar-refractivity contribution in [1.29, 1.82) is 0 Å². The summed E-state index contributed by atoms with van der Waals surface area (Å²) < 4.78 is 0. The van der Waals surface area contributed by atoms with Gasteiger partial charge in [-0.3, -0.25) is 29.4 Å². The first-order valence-corrected chi connectivity index (χ1v) is 9.81. The first-order chi connectivity index (χ1) is 14.5. The van der Waals surface area contributed by atoms with Gasteiger partial charge in [-0.25, -0.2) is 0 Å². The van der Waals surface area contributed by atoms with Crippen LogP contribution in [0.1, 0.15) is 44.7 Å². The van der Waals surface area contributed by atoms with Gasteiger partial charge >= 0.3 is 0 Å². The molecule has 0 radical (unpaired) electrons. The van der Waals surface area contributed by atoms with Crippen molar-refractivity contribution in [3.05, 3.63) is 64.7 Å². The fourth-order valence-corrected chi connectivity index (χ4v) is 3.95. The lowest BCUT2D eigenvalue weighted by atomic mass is 10.0. The highest BCUT2D eigenvalue weighted by atomic mass is 16.2. The maximum atomic E-state index is 13.1. The quantitative estimate of drug-likeness (QED) is 0.627. The summed E-state index contributed by atoms with van der Waals surface area (Å²) in [7, 11) is 1.88. The van der Waals surface area contributed by atoms with Crippen molar-refractivity contribution in [1.82, 2.24) is 15.5 Å². The van der Waals surface area contributed by atoms with E-state index in [9.17, 15) is 19.2 Å². The fourth-order valence-electron chi connectivity index (χ4n) is 3.95. The van der Waals surface area contributed by atoms with Crippen molar-refractivity contribution < 1.29 is 19.2 Å². The third kappa shape index (κ3) is 3.46. The van der Waals surface area contributed by atoms with Gasteiger partial charge in [-0.15, -0.1) is 0 Å². The van der Waals surface area contributed by atoms with Gasteiger partial charge in [-0.2, -0.15) is 0 Å². The second kappa shape index (κ2) is 8.08. The second-order valence-corrected chi connectivity index (χ2v) is 7.33. The monoisotopic (exact) mass is 406 g/mol. The molecule has 8 heteroatoms. The standard InChI is InChI=1S/C22H22N4O4/c1-23-11-13-5-2-3-6-14(13)12-24-16-8-4-7-15-19(16)22(30)26(21(15)29)17-9-10-18(27)25-20(17)28/h2-8,17,23-24H,9-12H2,1H3,(H,25,27,28). The zero-order valence-corrected chi connectivity index (χ0v) is 16.5. The van der Waals surface area contributed by atoms with E-state index in [0.29, 0.717) is 18.8 Å². The van der Waals surface area contributed by atoms with Crippen molar-refractivity contribution in [2.75, 3.05) is 12.4 Å². The summed E-state index contributed by atoms with van der Waals surface area (Å²) in [5, 5.41) is 8.61. The van der Waals surface area contributed by atoms with E-state index in [1.165, 1.54) is 0 Å². The second-order valence-electron chi connectivity index (χ2n) is 7.33. The molecule has 2 aliphatic rings. The van der Waals surface area contributed by atoms with E-state index in [1.807, 2.05) is 31.3 Å². The lowest BCUT2D eigenvalue weighted by Crippen LogP contribution is -2.54. The van der Waals surface area contributed by atoms with Crippen LogP contribution in [0.2, 0.25) is 0 Å². The molecule has 8 nitrogen and oxygen atoms in total. The lowest BCUT2D eigenvalue weighted by molar-refractivity contribution is -0.136. The number of carbonyl (C=O) groups is 4. The summed E-state index contributed by atoms with van der Waals surface area (Å²) in [6.07, 6.45) is 0.230. The zero-order valence-electron chi connectivity index (χ0n) is 16.5. The first-order valence-electron chi connectivity index (χ1n) is 9.81. The Labute approximate surface area is 173 Å². The van der Waals surface area contributed by atoms with Gasteiger partial charge < -0.3 is 10.6 Å². The number of hydrogen-bond donors (Lipinski definition) is 3. The minimum atomic E-state index is -0.973. The van der Waals surface area contributed by atoms with Crippen LogP contribution in [0.25, 0.3) is 0 Å². The molecule has 1 unspecified atom stereocenters. The highest BCUT2D eigenvalue weighted by molar-refractivity contribution is 6.25. The van der Waals surface area contributed by atoms with Crippen LogP contribution in [0.4, 0.5) is 5.69 Å². The van der Waals surface area contributed by atoms with E-state index in [2.05, 4.69) is 16.0 Å². The van der Waals surface area contributed by atoms with Gasteiger partial charge in [0.05, 0.1) is 11.1 Å². The molecular weight excluding hydrogens is 384 g/mol. The van der Waals surface area contributed by atoms with E-state index in [-0.39, 0.29) is 24.0 Å². The minimum Gasteiger partial charge on any atom is -0.380 e. The highest BCUT2D eigenvalue weighted by Gasteiger charge is 2.45. The molecule has 1 atom stereocenters. The summed E-state index contributed by atoms with van der Waals surface area (Å²) in [4.78, 5) is 50.7. The van der Waals surface area contributed by atoms with E-state index in [0.717, 1.165) is 16.0 Å². The van der Waals surface area contributed by atoms with E-state index in [4.69, 9.17) is 0 Å².